The summed E-state index contributed by atoms with van der Waals surface area (Å²) < 4.78 is 18.7. The number of ether oxygens (including phenoxy) is 3. The summed E-state index contributed by atoms with van der Waals surface area (Å²) in [7, 11) is 2.68. The Balaban J connectivity index is 1.52. The van der Waals surface area contributed by atoms with E-state index in [1.807, 2.05) is 0 Å². The van der Waals surface area contributed by atoms with Crippen LogP contribution in [-0.4, -0.2) is 56.5 Å². The zero-order valence-electron chi connectivity index (χ0n) is 19.8. The fourth-order valence-corrected chi connectivity index (χ4v) is 6.97. The van der Waals surface area contributed by atoms with Gasteiger partial charge in [0.2, 0.25) is 0 Å². The molecule has 0 N–H and O–H groups in total. The summed E-state index contributed by atoms with van der Waals surface area (Å²) in [6, 6.07) is 26.0. The van der Waals surface area contributed by atoms with Crippen LogP contribution in [-0.2, 0) is 11.3 Å². The molecule has 5 nitrogen and oxygen atoms in total. The van der Waals surface area contributed by atoms with E-state index in [0.29, 0.717) is 0 Å². The van der Waals surface area contributed by atoms with Crippen molar-refractivity contribution >= 4 is 34.7 Å². The predicted molar refractivity (Wildman–Crippen MR) is 141 cm³/mol. The first-order chi connectivity index (χ1) is 16.8. The fourth-order valence-electron chi connectivity index (χ4n) is 4.56. The van der Waals surface area contributed by atoms with Crippen LogP contribution in [0.5, 0.6) is 11.5 Å². The molecule has 0 atom stereocenters. The summed E-state index contributed by atoms with van der Waals surface area (Å²) in [6.07, 6.45) is 2.24. The second-order valence-corrected chi connectivity index (χ2v) is 10.6. The molecule has 5 rings (SSSR count). The number of hydrogen-bond acceptors (Lipinski definition) is 4. The zero-order chi connectivity index (χ0) is 23.3. The highest BCUT2D eigenvalue weighted by molar-refractivity contribution is 7.80. The molecule has 1 aromatic heterocycles. The minimum Gasteiger partial charge on any atom is -0.497 e. The van der Waals surface area contributed by atoms with Gasteiger partial charge in [0, 0.05) is 43.3 Å². The van der Waals surface area contributed by atoms with Gasteiger partial charge in [-0.1, -0.05) is 36.4 Å². The van der Waals surface area contributed by atoms with E-state index in [2.05, 4.69) is 88.5 Å². The van der Waals surface area contributed by atoms with Crippen molar-refractivity contribution < 1.29 is 14.2 Å². The van der Waals surface area contributed by atoms with Crippen molar-refractivity contribution in [2.75, 3.05) is 47.1 Å². The van der Waals surface area contributed by atoms with Gasteiger partial charge in [0.25, 0.3) is 0 Å². The Hall–Kier alpha value is -2.85. The molecule has 3 aromatic carbocycles. The Kier molecular flexibility index (Phi) is 7.15. The quantitative estimate of drug-likeness (QED) is 0.365. The first kappa shape index (κ1) is 22.9. The summed E-state index contributed by atoms with van der Waals surface area (Å²) >= 11 is 0. The fraction of sp³-hybridized carbons (Fsp3) is 0.286. The van der Waals surface area contributed by atoms with Gasteiger partial charge in [0.15, 0.2) is 0 Å². The van der Waals surface area contributed by atoms with Crippen molar-refractivity contribution in [3.63, 3.8) is 0 Å². The van der Waals surface area contributed by atoms with Crippen LogP contribution in [0.1, 0.15) is 0 Å². The number of hydrogen-bond donors (Lipinski definition) is 0. The maximum atomic E-state index is 5.50. The summed E-state index contributed by atoms with van der Waals surface area (Å²) in [5, 5.41) is 5.29. The molecule has 0 radical (unpaired) electrons. The van der Waals surface area contributed by atoms with Crippen LogP contribution in [0.3, 0.4) is 0 Å². The van der Waals surface area contributed by atoms with Crippen LogP contribution < -0.4 is 25.4 Å². The van der Waals surface area contributed by atoms with Crippen LogP contribution in [0, 0.1) is 0 Å². The van der Waals surface area contributed by atoms with Crippen LogP contribution in [0.2, 0.25) is 0 Å². The van der Waals surface area contributed by atoms with Gasteiger partial charge in [-0.25, -0.2) is 0 Å². The van der Waals surface area contributed by atoms with E-state index in [1.165, 1.54) is 26.8 Å². The lowest BCUT2D eigenvalue weighted by molar-refractivity contribution is 0.0365. The Morgan fingerprint density at radius 2 is 1.38 bits per heavy atom. The monoisotopic (exact) mass is 474 g/mol. The maximum Gasteiger partial charge on any atom is 0.118 e. The maximum absolute atomic E-state index is 5.50. The third-order valence-corrected chi connectivity index (χ3v) is 8.95. The molecular formula is C28H31N2O3P. The number of morpholine rings is 1. The van der Waals surface area contributed by atoms with E-state index in [-0.39, 0.29) is 0 Å². The van der Waals surface area contributed by atoms with E-state index >= 15 is 0 Å². The first-order valence-corrected chi connectivity index (χ1v) is 13.1. The molecule has 176 valence electrons. The number of benzene rings is 3. The lowest BCUT2D eigenvalue weighted by Gasteiger charge is -2.26. The van der Waals surface area contributed by atoms with Gasteiger partial charge in [-0.05, 0) is 60.2 Å². The molecule has 6 heteroatoms. The first-order valence-electron chi connectivity index (χ1n) is 11.7. The SMILES string of the molecule is COc1ccc(P(c2ccc(OC)cc2)c2cccc3c2ccn3CCN2CCOCC2)cc1. The van der Waals surface area contributed by atoms with Gasteiger partial charge in [-0.3, -0.25) is 4.90 Å². The molecule has 0 amide bonds. The zero-order valence-corrected chi connectivity index (χ0v) is 20.7. The highest BCUT2D eigenvalue weighted by Crippen LogP contribution is 2.37. The minimum absolute atomic E-state index is 0.740. The number of nitrogens with zero attached hydrogens (tertiary/aromatic N) is 2. The molecule has 1 aliphatic rings. The van der Waals surface area contributed by atoms with Crippen molar-refractivity contribution in [1.29, 1.82) is 0 Å². The number of methoxy groups -OCH3 is 2. The van der Waals surface area contributed by atoms with Crippen molar-refractivity contribution in [2.24, 2.45) is 0 Å². The number of rotatable bonds is 8. The van der Waals surface area contributed by atoms with Gasteiger partial charge >= 0.3 is 0 Å². The van der Waals surface area contributed by atoms with Gasteiger partial charge < -0.3 is 18.8 Å². The molecule has 4 aromatic rings. The van der Waals surface area contributed by atoms with Gasteiger partial charge in [-0.15, -0.1) is 0 Å². The number of aromatic nitrogens is 1. The van der Waals surface area contributed by atoms with Gasteiger partial charge in [-0.2, -0.15) is 0 Å². The molecule has 0 unspecified atom stereocenters. The Bertz CT molecular complexity index is 1170. The summed E-state index contributed by atoms with van der Waals surface area (Å²) in [5.41, 5.74) is 1.29. The Morgan fingerprint density at radius 3 is 1.97 bits per heavy atom. The average molecular weight is 475 g/mol. The number of fused-ring (bicyclic) bond motifs is 1. The van der Waals surface area contributed by atoms with Crippen LogP contribution in [0.15, 0.2) is 79.0 Å². The molecular weight excluding hydrogens is 443 g/mol. The molecule has 1 aliphatic heterocycles. The lowest BCUT2D eigenvalue weighted by Crippen LogP contribution is -2.38. The largest absolute Gasteiger partial charge is 0.497 e. The molecule has 2 heterocycles. The van der Waals surface area contributed by atoms with Crippen LogP contribution in [0.25, 0.3) is 10.9 Å². The topological polar surface area (TPSA) is 35.9 Å². The van der Waals surface area contributed by atoms with E-state index in [9.17, 15) is 0 Å². The molecule has 0 aliphatic carbocycles. The predicted octanol–water partition coefficient (Wildman–Crippen LogP) is 3.75. The van der Waals surface area contributed by atoms with E-state index in [0.717, 1.165) is 50.9 Å². The minimum atomic E-state index is -0.740. The lowest BCUT2D eigenvalue weighted by atomic mass is 10.2. The van der Waals surface area contributed by atoms with E-state index < -0.39 is 7.92 Å². The smallest absolute Gasteiger partial charge is 0.118 e. The van der Waals surface area contributed by atoms with Gasteiger partial charge in [0.1, 0.15) is 11.5 Å². The molecule has 0 saturated carbocycles. The summed E-state index contributed by atoms with van der Waals surface area (Å²) in [5.74, 6) is 1.75. The molecule has 0 spiro atoms. The van der Waals surface area contributed by atoms with E-state index in [4.69, 9.17) is 14.2 Å². The third-order valence-electron chi connectivity index (χ3n) is 6.45. The molecule has 1 saturated heterocycles. The van der Waals surface area contributed by atoms with Crippen molar-refractivity contribution in [3.8, 4) is 11.5 Å². The van der Waals surface area contributed by atoms with Crippen LogP contribution in [0.4, 0.5) is 0 Å². The van der Waals surface area contributed by atoms with Crippen molar-refractivity contribution in [2.45, 2.75) is 6.54 Å². The standard InChI is InChI=1S/C28H31N2O3P/c1-31-22-6-10-24(11-7-22)34(25-12-8-23(32-2)9-13-25)28-5-3-4-27-26(28)14-15-30(27)17-16-29-18-20-33-21-19-29/h3-15H,16-21H2,1-2H3. The highest BCUT2D eigenvalue weighted by atomic mass is 31.1. The average Bonchev–Trinajstić information content (AvgIpc) is 3.33. The second-order valence-electron chi connectivity index (χ2n) is 8.40. The summed E-state index contributed by atoms with van der Waals surface area (Å²) in [6.45, 7) is 5.74. The normalized spacial score (nSPS) is 14.6. The van der Waals surface area contributed by atoms with Crippen molar-refractivity contribution in [3.05, 3.63) is 79.0 Å². The van der Waals surface area contributed by atoms with Crippen LogP contribution >= 0.6 is 7.92 Å². The molecule has 0 bridgehead atoms. The Labute approximate surface area is 202 Å². The summed E-state index contributed by atoms with van der Waals surface area (Å²) in [4.78, 5) is 2.49. The van der Waals surface area contributed by atoms with Crippen molar-refractivity contribution in [1.82, 2.24) is 9.47 Å². The Morgan fingerprint density at radius 1 is 0.765 bits per heavy atom. The molecule has 1 fully saturated rings. The van der Waals surface area contributed by atoms with Gasteiger partial charge in [0.05, 0.1) is 27.4 Å². The second kappa shape index (κ2) is 10.6. The van der Waals surface area contributed by atoms with E-state index in [1.54, 1.807) is 14.2 Å². The highest BCUT2D eigenvalue weighted by Gasteiger charge is 2.20. The third kappa shape index (κ3) is 4.83. The molecule has 34 heavy (non-hydrogen) atoms.